The Morgan fingerprint density at radius 1 is 1.20 bits per heavy atom. The summed E-state index contributed by atoms with van der Waals surface area (Å²) in [7, 11) is 4.55. The predicted molar refractivity (Wildman–Crippen MR) is 105 cm³/mol. The fourth-order valence-corrected chi connectivity index (χ4v) is 5.32. The molecule has 0 saturated heterocycles. The molecule has 1 aromatic carbocycles. The molecule has 3 aliphatic rings. The molecule has 0 unspecified atom stereocenters. The SMILES string of the molecule is COCCOCO[C@H]1CC[C@@H]2C(=O)Cc3ccc(OC)c4c3[C@]2(CC(=O)OC)[C@@H]1O4. The lowest BCUT2D eigenvalue weighted by atomic mass is 9.54. The van der Waals surface area contributed by atoms with Crippen LogP contribution in [-0.4, -0.2) is 65.3 Å². The highest BCUT2D eigenvalue weighted by molar-refractivity contribution is 5.91. The van der Waals surface area contributed by atoms with E-state index in [0.29, 0.717) is 44.0 Å². The molecule has 2 aliphatic carbocycles. The lowest BCUT2D eigenvalue weighted by Gasteiger charge is -2.48. The van der Waals surface area contributed by atoms with Gasteiger partial charge in [-0.25, -0.2) is 0 Å². The Morgan fingerprint density at radius 2 is 2.03 bits per heavy atom. The van der Waals surface area contributed by atoms with Gasteiger partial charge in [-0.1, -0.05) is 6.07 Å². The maximum Gasteiger partial charge on any atom is 0.306 e. The van der Waals surface area contributed by atoms with Crippen LogP contribution in [0.4, 0.5) is 0 Å². The van der Waals surface area contributed by atoms with Crippen LogP contribution < -0.4 is 9.47 Å². The first kappa shape index (κ1) is 21.1. The Morgan fingerprint density at radius 3 is 2.77 bits per heavy atom. The average Bonchev–Trinajstić information content (AvgIpc) is 3.09. The van der Waals surface area contributed by atoms with E-state index in [4.69, 9.17) is 28.4 Å². The van der Waals surface area contributed by atoms with Gasteiger partial charge in [0.15, 0.2) is 11.5 Å². The third-order valence-electron chi connectivity index (χ3n) is 6.56. The second-order valence-electron chi connectivity index (χ2n) is 7.96. The molecular formula is C22H28O8. The minimum atomic E-state index is -0.822. The van der Waals surface area contributed by atoms with E-state index < -0.39 is 11.5 Å². The third-order valence-corrected chi connectivity index (χ3v) is 6.56. The standard InChI is InChI=1S/C22H28O8/c1-25-8-9-28-12-29-17-7-5-14-15(23)10-13-4-6-16(26-2)20-19(13)22(14,21(17)30-20)11-18(24)27-3/h4,6,14,17,21H,5,7-12H2,1-3H3/t14-,17+,21-,22-/m1/s1. The number of esters is 1. The van der Waals surface area contributed by atoms with E-state index in [1.807, 2.05) is 12.1 Å². The van der Waals surface area contributed by atoms with Gasteiger partial charge >= 0.3 is 5.97 Å². The highest BCUT2D eigenvalue weighted by atomic mass is 16.7. The fourth-order valence-electron chi connectivity index (χ4n) is 5.32. The normalized spacial score (nSPS) is 28.6. The van der Waals surface area contributed by atoms with Gasteiger partial charge in [-0.2, -0.15) is 0 Å². The molecule has 164 valence electrons. The number of ether oxygens (including phenoxy) is 6. The number of methoxy groups -OCH3 is 3. The van der Waals surface area contributed by atoms with Crippen LogP contribution in [0.15, 0.2) is 12.1 Å². The molecule has 0 bridgehead atoms. The molecule has 0 spiro atoms. The lowest BCUT2D eigenvalue weighted by molar-refractivity contribution is -0.165. The number of hydrogen-bond donors (Lipinski definition) is 0. The lowest BCUT2D eigenvalue weighted by Crippen LogP contribution is -2.60. The first-order chi connectivity index (χ1) is 14.6. The molecule has 8 nitrogen and oxygen atoms in total. The van der Waals surface area contributed by atoms with Crippen LogP contribution in [0.2, 0.25) is 0 Å². The van der Waals surface area contributed by atoms with Crippen molar-refractivity contribution in [2.45, 2.75) is 43.3 Å². The van der Waals surface area contributed by atoms with E-state index in [9.17, 15) is 9.59 Å². The van der Waals surface area contributed by atoms with Crippen LogP contribution in [0, 0.1) is 5.92 Å². The molecule has 30 heavy (non-hydrogen) atoms. The summed E-state index contributed by atoms with van der Waals surface area (Å²) in [5, 5.41) is 0. The van der Waals surface area contributed by atoms with Gasteiger partial charge in [0.2, 0.25) is 0 Å². The number of hydrogen-bond acceptors (Lipinski definition) is 8. The van der Waals surface area contributed by atoms with E-state index >= 15 is 0 Å². The summed E-state index contributed by atoms with van der Waals surface area (Å²) < 4.78 is 33.5. The number of carbonyl (C=O) groups is 2. The second-order valence-corrected chi connectivity index (χ2v) is 7.96. The number of Topliss-reactive ketones (excluding diaryl/α,β-unsaturated/α-hetero) is 1. The fraction of sp³-hybridized carbons (Fsp3) is 0.636. The summed E-state index contributed by atoms with van der Waals surface area (Å²) in [6.45, 7) is 0.977. The first-order valence-electron chi connectivity index (χ1n) is 10.2. The van der Waals surface area contributed by atoms with Crippen LogP contribution in [0.3, 0.4) is 0 Å². The van der Waals surface area contributed by atoms with Crippen molar-refractivity contribution in [1.29, 1.82) is 0 Å². The molecule has 0 amide bonds. The molecule has 8 heteroatoms. The first-order valence-corrected chi connectivity index (χ1v) is 10.2. The van der Waals surface area contributed by atoms with Crippen LogP contribution in [0.25, 0.3) is 0 Å². The summed E-state index contributed by atoms with van der Waals surface area (Å²) in [5.74, 6) is 0.638. The number of rotatable bonds is 9. The van der Waals surface area contributed by atoms with Crippen LogP contribution in [-0.2, 0) is 40.4 Å². The van der Waals surface area contributed by atoms with Crippen LogP contribution in [0.1, 0.15) is 30.4 Å². The Kier molecular flexibility index (Phi) is 5.99. The Hall–Kier alpha value is -2.16. The quantitative estimate of drug-likeness (QED) is 0.339. The van der Waals surface area contributed by atoms with E-state index in [0.717, 1.165) is 11.1 Å². The summed E-state index contributed by atoms with van der Waals surface area (Å²) in [6.07, 6.45) is 0.821. The molecule has 1 heterocycles. The van der Waals surface area contributed by atoms with E-state index in [2.05, 4.69) is 0 Å². The van der Waals surface area contributed by atoms with Gasteiger partial charge in [0, 0.05) is 25.0 Å². The number of carbonyl (C=O) groups excluding carboxylic acids is 2. The number of benzene rings is 1. The topological polar surface area (TPSA) is 89.5 Å². The van der Waals surface area contributed by atoms with Gasteiger partial charge in [0.05, 0.1) is 45.4 Å². The Labute approximate surface area is 175 Å². The van der Waals surface area contributed by atoms with Crippen LogP contribution in [0.5, 0.6) is 11.5 Å². The van der Waals surface area contributed by atoms with Crippen molar-refractivity contribution < 1.29 is 38.0 Å². The maximum atomic E-state index is 13.1. The minimum Gasteiger partial charge on any atom is -0.493 e. The van der Waals surface area contributed by atoms with Crippen molar-refractivity contribution in [1.82, 2.24) is 0 Å². The van der Waals surface area contributed by atoms with Crippen molar-refractivity contribution in [3.63, 3.8) is 0 Å². The second kappa shape index (κ2) is 8.53. The van der Waals surface area contributed by atoms with E-state index in [1.54, 1.807) is 14.2 Å². The van der Waals surface area contributed by atoms with Crippen molar-refractivity contribution in [3.8, 4) is 11.5 Å². The zero-order valence-electron chi connectivity index (χ0n) is 17.6. The molecule has 0 aromatic heterocycles. The molecule has 0 N–H and O–H groups in total. The molecule has 1 saturated carbocycles. The molecule has 4 atom stereocenters. The Bertz CT molecular complexity index is 822. The van der Waals surface area contributed by atoms with Gasteiger partial charge in [0.25, 0.3) is 0 Å². The van der Waals surface area contributed by atoms with E-state index in [1.165, 1.54) is 7.11 Å². The monoisotopic (exact) mass is 420 g/mol. The maximum absolute atomic E-state index is 13.1. The van der Waals surface area contributed by atoms with Crippen molar-refractivity contribution >= 4 is 11.8 Å². The summed E-state index contributed by atoms with van der Waals surface area (Å²) in [4.78, 5) is 25.6. The van der Waals surface area contributed by atoms with Crippen LogP contribution >= 0.6 is 0 Å². The average molecular weight is 420 g/mol. The highest BCUT2D eigenvalue weighted by Crippen LogP contribution is 2.61. The number of ketones is 1. The molecule has 1 aliphatic heterocycles. The molecular weight excluding hydrogens is 392 g/mol. The summed E-state index contributed by atoms with van der Waals surface area (Å²) in [6, 6.07) is 3.71. The van der Waals surface area contributed by atoms with Gasteiger partial charge < -0.3 is 28.4 Å². The highest BCUT2D eigenvalue weighted by Gasteiger charge is 2.65. The smallest absolute Gasteiger partial charge is 0.306 e. The third kappa shape index (κ3) is 3.27. The largest absolute Gasteiger partial charge is 0.493 e. The van der Waals surface area contributed by atoms with Crippen molar-refractivity contribution in [3.05, 3.63) is 23.3 Å². The zero-order chi connectivity index (χ0) is 21.3. The minimum absolute atomic E-state index is 0.0577. The molecule has 4 rings (SSSR count). The summed E-state index contributed by atoms with van der Waals surface area (Å²) >= 11 is 0. The van der Waals surface area contributed by atoms with Gasteiger partial charge in [-0.05, 0) is 24.5 Å². The summed E-state index contributed by atoms with van der Waals surface area (Å²) in [5.41, 5.74) is 0.961. The van der Waals surface area contributed by atoms with Crippen molar-refractivity contribution in [2.75, 3.05) is 41.3 Å². The Balaban J connectivity index is 1.73. The molecule has 0 radical (unpaired) electrons. The zero-order valence-corrected chi connectivity index (χ0v) is 17.6. The van der Waals surface area contributed by atoms with Gasteiger partial charge in [-0.3, -0.25) is 9.59 Å². The van der Waals surface area contributed by atoms with Gasteiger partial charge in [-0.15, -0.1) is 0 Å². The van der Waals surface area contributed by atoms with E-state index in [-0.39, 0.29) is 37.0 Å². The molecule has 1 fully saturated rings. The van der Waals surface area contributed by atoms with Gasteiger partial charge in [0.1, 0.15) is 18.7 Å². The molecule has 1 aromatic rings. The predicted octanol–water partition coefficient (Wildman–Crippen LogP) is 1.80. The van der Waals surface area contributed by atoms with Crippen molar-refractivity contribution in [2.24, 2.45) is 5.92 Å².